The summed E-state index contributed by atoms with van der Waals surface area (Å²) in [5.41, 5.74) is 2.58. The topological polar surface area (TPSA) is 57.1 Å². The first-order valence-electron chi connectivity index (χ1n) is 10.2. The number of rotatable bonds is 7. The zero-order chi connectivity index (χ0) is 24.2. The first-order valence-corrected chi connectivity index (χ1v) is 13.8. The molecular formula is C25H17ClI3NO4. The van der Waals surface area contributed by atoms with Gasteiger partial charge in [0.25, 0.3) is 0 Å². The summed E-state index contributed by atoms with van der Waals surface area (Å²) in [6, 6.07) is 17.4. The second-order valence-electron chi connectivity index (χ2n) is 7.14. The monoisotopic (exact) mass is 811 g/mol. The molecule has 0 saturated carbocycles. The summed E-state index contributed by atoms with van der Waals surface area (Å²) in [6.07, 6.45) is 1.67. The van der Waals surface area contributed by atoms with Crippen LogP contribution in [0, 0.1) is 10.7 Å². The van der Waals surface area contributed by atoms with Crippen molar-refractivity contribution in [2.75, 3.05) is 6.61 Å². The molecule has 174 valence electrons. The highest BCUT2D eigenvalue weighted by molar-refractivity contribution is 14.1. The van der Waals surface area contributed by atoms with Crippen molar-refractivity contribution in [1.29, 1.82) is 0 Å². The van der Waals surface area contributed by atoms with Gasteiger partial charge >= 0.3 is 5.97 Å². The van der Waals surface area contributed by atoms with Gasteiger partial charge < -0.3 is 14.2 Å². The summed E-state index contributed by atoms with van der Waals surface area (Å²) in [5.74, 6) is 0.920. The molecule has 1 aliphatic heterocycles. The highest BCUT2D eigenvalue weighted by atomic mass is 127. The normalized spacial score (nSPS) is 14.2. The molecule has 5 nitrogen and oxygen atoms in total. The highest BCUT2D eigenvalue weighted by Crippen LogP contribution is 2.36. The molecule has 0 aliphatic carbocycles. The van der Waals surface area contributed by atoms with Crippen molar-refractivity contribution in [2.24, 2.45) is 4.99 Å². The van der Waals surface area contributed by atoms with Crippen molar-refractivity contribution >= 4 is 97.3 Å². The van der Waals surface area contributed by atoms with Crippen LogP contribution in [0.4, 0.5) is 0 Å². The maximum absolute atomic E-state index is 12.5. The fourth-order valence-corrected chi connectivity index (χ4v) is 4.98. The molecule has 0 spiro atoms. The van der Waals surface area contributed by atoms with Gasteiger partial charge in [0.2, 0.25) is 5.90 Å². The summed E-state index contributed by atoms with van der Waals surface area (Å²) < 4.78 is 20.3. The maximum Gasteiger partial charge on any atom is 0.363 e. The smallest absolute Gasteiger partial charge is 0.363 e. The Morgan fingerprint density at radius 3 is 2.47 bits per heavy atom. The molecule has 0 N–H and O–H groups in total. The number of cyclic esters (lactones) is 1. The highest BCUT2D eigenvalue weighted by Gasteiger charge is 2.26. The van der Waals surface area contributed by atoms with Crippen LogP contribution < -0.4 is 9.47 Å². The Labute approximate surface area is 243 Å². The first kappa shape index (κ1) is 25.7. The number of esters is 1. The van der Waals surface area contributed by atoms with Crippen molar-refractivity contribution in [3.05, 3.63) is 92.7 Å². The zero-order valence-corrected chi connectivity index (χ0v) is 25.0. The number of hydrogen-bond donors (Lipinski definition) is 0. The quantitative estimate of drug-likeness (QED) is 0.141. The Balaban J connectivity index is 1.62. The maximum atomic E-state index is 12.5. The molecule has 3 aromatic carbocycles. The van der Waals surface area contributed by atoms with Gasteiger partial charge in [-0.2, -0.15) is 0 Å². The van der Waals surface area contributed by atoms with E-state index in [4.69, 9.17) is 25.8 Å². The minimum atomic E-state index is -0.531. The van der Waals surface area contributed by atoms with Crippen LogP contribution in [-0.4, -0.2) is 18.5 Å². The van der Waals surface area contributed by atoms with Crippen LogP contribution in [0.3, 0.4) is 0 Å². The van der Waals surface area contributed by atoms with Gasteiger partial charge in [-0.05, 0) is 134 Å². The van der Waals surface area contributed by atoms with Crippen LogP contribution >= 0.6 is 79.4 Å². The number of hydrogen-bond acceptors (Lipinski definition) is 5. The molecule has 3 aromatic rings. The number of carbonyl (C=O) groups is 1. The van der Waals surface area contributed by atoms with E-state index in [2.05, 4.69) is 72.8 Å². The molecule has 9 heteroatoms. The van der Waals surface area contributed by atoms with Gasteiger partial charge in [0.1, 0.15) is 6.61 Å². The Hall–Kier alpha value is -1.38. The standard InChI is InChI=1S/C25H17ClI3NO4/c1-2-32-22-11-15(9-20(29)23(22)33-13-14-3-5-16(27)6-4-14)10-21-25(31)34-24(30-21)18-12-17(28)7-8-19(18)26/h3-12H,2,13H2,1H3/b21-10-. The van der Waals surface area contributed by atoms with Gasteiger partial charge in [0.15, 0.2) is 17.2 Å². The predicted molar refractivity (Wildman–Crippen MR) is 159 cm³/mol. The SMILES string of the molecule is CCOc1cc(/C=C2\N=C(c3cc(I)ccc3Cl)OC2=O)cc(I)c1OCc1ccc(I)cc1. The zero-order valence-electron chi connectivity index (χ0n) is 17.8. The molecule has 1 aliphatic rings. The fraction of sp³-hybridized carbons (Fsp3) is 0.120. The van der Waals surface area contributed by atoms with E-state index in [1.165, 1.54) is 3.57 Å². The number of nitrogens with zero attached hydrogens (tertiary/aromatic N) is 1. The van der Waals surface area contributed by atoms with E-state index in [9.17, 15) is 4.79 Å². The van der Waals surface area contributed by atoms with Gasteiger partial charge in [0, 0.05) is 7.14 Å². The Morgan fingerprint density at radius 1 is 1.00 bits per heavy atom. The van der Waals surface area contributed by atoms with Crippen LogP contribution in [-0.2, 0) is 16.1 Å². The Kier molecular flexibility index (Phi) is 8.75. The van der Waals surface area contributed by atoms with Gasteiger partial charge in [-0.1, -0.05) is 23.7 Å². The largest absolute Gasteiger partial charge is 0.490 e. The lowest BCUT2D eigenvalue weighted by molar-refractivity contribution is -0.129. The van der Waals surface area contributed by atoms with Crippen LogP contribution in [0.5, 0.6) is 11.5 Å². The summed E-state index contributed by atoms with van der Waals surface area (Å²) in [4.78, 5) is 16.9. The molecule has 34 heavy (non-hydrogen) atoms. The summed E-state index contributed by atoms with van der Waals surface area (Å²) >= 11 is 12.9. The van der Waals surface area contributed by atoms with Crippen LogP contribution in [0.15, 0.2) is 65.3 Å². The lowest BCUT2D eigenvalue weighted by Crippen LogP contribution is -2.06. The number of benzene rings is 3. The fourth-order valence-electron chi connectivity index (χ4n) is 3.15. The summed E-state index contributed by atoms with van der Waals surface area (Å²) in [5, 5.41) is 0.469. The first-order chi connectivity index (χ1) is 16.3. The summed E-state index contributed by atoms with van der Waals surface area (Å²) in [6.45, 7) is 2.81. The van der Waals surface area contributed by atoms with E-state index in [1.807, 2.05) is 55.5 Å². The molecule has 0 bridgehead atoms. The molecule has 0 radical (unpaired) electrons. The molecule has 0 fully saturated rings. The van der Waals surface area contributed by atoms with E-state index in [1.54, 1.807) is 12.1 Å². The second kappa shape index (κ2) is 11.6. The van der Waals surface area contributed by atoms with E-state index < -0.39 is 5.97 Å². The van der Waals surface area contributed by atoms with Crippen molar-refractivity contribution in [2.45, 2.75) is 13.5 Å². The third-order valence-electron chi connectivity index (χ3n) is 4.71. The third kappa shape index (κ3) is 6.24. The number of ether oxygens (including phenoxy) is 3. The molecular weight excluding hydrogens is 794 g/mol. The minimum Gasteiger partial charge on any atom is -0.490 e. The van der Waals surface area contributed by atoms with Gasteiger partial charge in [0.05, 0.1) is 20.8 Å². The molecule has 0 amide bonds. The molecule has 0 aromatic heterocycles. The molecule has 1 heterocycles. The molecule has 0 saturated heterocycles. The van der Waals surface area contributed by atoms with Crippen molar-refractivity contribution in [3.63, 3.8) is 0 Å². The van der Waals surface area contributed by atoms with Crippen molar-refractivity contribution < 1.29 is 19.0 Å². The summed E-state index contributed by atoms with van der Waals surface area (Å²) in [7, 11) is 0. The molecule has 4 rings (SSSR count). The van der Waals surface area contributed by atoms with Gasteiger partial charge in [-0.25, -0.2) is 9.79 Å². The Bertz CT molecular complexity index is 1310. The second-order valence-corrected chi connectivity index (χ2v) is 11.2. The average molecular weight is 812 g/mol. The lowest BCUT2D eigenvalue weighted by atomic mass is 10.1. The number of carbonyl (C=O) groups excluding carboxylic acids is 1. The lowest BCUT2D eigenvalue weighted by Gasteiger charge is -2.15. The number of aliphatic imine (C=N–C) groups is 1. The van der Waals surface area contributed by atoms with E-state index in [0.717, 1.165) is 18.3 Å². The van der Waals surface area contributed by atoms with Crippen molar-refractivity contribution in [3.8, 4) is 11.5 Å². The predicted octanol–water partition coefficient (Wildman–Crippen LogP) is 7.48. The van der Waals surface area contributed by atoms with E-state index >= 15 is 0 Å². The van der Waals surface area contributed by atoms with Gasteiger partial charge in [-0.3, -0.25) is 0 Å². The minimum absolute atomic E-state index is 0.190. The van der Waals surface area contributed by atoms with Crippen LogP contribution in [0.1, 0.15) is 23.6 Å². The molecule has 0 unspecified atom stereocenters. The van der Waals surface area contributed by atoms with Crippen molar-refractivity contribution in [1.82, 2.24) is 0 Å². The number of halogens is 4. The van der Waals surface area contributed by atoms with E-state index in [-0.39, 0.29) is 11.6 Å². The third-order valence-corrected chi connectivity index (χ3v) is 7.23. The average Bonchev–Trinajstić information content (AvgIpc) is 3.16. The van der Waals surface area contributed by atoms with Crippen LogP contribution in [0.25, 0.3) is 6.08 Å². The van der Waals surface area contributed by atoms with Crippen LogP contribution in [0.2, 0.25) is 5.02 Å². The van der Waals surface area contributed by atoms with E-state index in [0.29, 0.717) is 35.3 Å². The van der Waals surface area contributed by atoms with Gasteiger partial charge in [-0.15, -0.1) is 0 Å². The molecule has 0 atom stereocenters. The Morgan fingerprint density at radius 2 is 1.74 bits per heavy atom.